The average Bonchev–Trinajstić information content (AvgIpc) is 2.12. The first kappa shape index (κ1) is 14.9. The van der Waals surface area contributed by atoms with Crippen molar-refractivity contribution in [1.82, 2.24) is 4.31 Å². The van der Waals surface area contributed by atoms with Gasteiger partial charge in [0.05, 0.1) is 5.75 Å². The van der Waals surface area contributed by atoms with Crippen LogP contribution in [0.25, 0.3) is 0 Å². The van der Waals surface area contributed by atoms with Crippen LogP contribution in [0.15, 0.2) is 0 Å². The van der Waals surface area contributed by atoms with Crippen molar-refractivity contribution in [2.45, 2.75) is 39.7 Å². The molecule has 0 aliphatic carbocycles. The second-order valence-corrected chi connectivity index (χ2v) is 6.60. The van der Waals surface area contributed by atoms with E-state index in [1.807, 2.05) is 6.92 Å². The number of rotatable bonds is 7. The molecule has 1 atom stereocenters. The molecule has 1 unspecified atom stereocenters. The lowest BCUT2D eigenvalue weighted by atomic mass is 10.1. The van der Waals surface area contributed by atoms with E-state index in [0.29, 0.717) is 18.9 Å². The van der Waals surface area contributed by atoms with Crippen molar-refractivity contribution in [2.24, 2.45) is 11.7 Å². The summed E-state index contributed by atoms with van der Waals surface area (Å²) < 4.78 is 25.0. The Bertz CT molecular complexity index is 263. The highest BCUT2D eigenvalue weighted by Gasteiger charge is 2.22. The first-order valence-electron chi connectivity index (χ1n) is 5.47. The molecule has 0 rings (SSSR count). The lowest BCUT2D eigenvalue weighted by Gasteiger charge is -2.25. The van der Waals surface area contributed by atoms with Gasteiger partial charge < -0.3 is 5.73 Å². The zero-order valence-corrected chi connectivity index (χ0v) is 11.0. The van der Waals surface area contributed by atoms with Crippen LogP contribution in [0, 0.1) is 5.92 Å². The third kappa shape index (κ3) is 5.49. The Kier molecular flexibility index (Phi) is 6.40. The number of hydrogen-bond acceptors (Lipinski definition) is 3. The molecule has 0 heterocycles. The smallest absolute Gasteiger partial charge is 0.214 e. The first-order valence-corrected chi connectivity index (χ1v) is 7.08. The van der Waals surface area contributed by atoms with Gasteiger partial charge in [-0.3, -0.25) is 0 Å². The Hall–Kier alpha value is -0.130. The maximum absolute atomic E-state index is 11.8. The second-order valence-electron chi connectivity index (χ2n) is 4.45. The predicted molar refractivity (Wildman–Crippen MR) is 64.1 cm³/mol. The summed E-state index contributed by atoms with van der Waals surface area (Å²) in [5.74, 6) is 0.662. The van der Waals surface area contributed by atoms with Gasteiger partial charge >= 0.3 is 0 Å². The fraction of sp³-hybridized carbons (Fsp3) is 1.00. The van der Waals surface area contributed by atoms with E-state index >= 15 is 0 Å². The number of nitrogens with two attached hydrogens (primary N) is 1. The molecule has 0 spiro atoms. The molecule has 0 aliphatic heterocycles. The van der Waals surface area contributed by atoms with Gasteiger partial charge in [-0.15, -0.1) is 0 Å². The van der Waals surface area contributed by atoms with Gasteiger partial charge in [0.15, 0.2) is 0 Å². The highest BCUT2D eigenvalue weighted by Crippen LogP contribution is 2.13. The maximum atomic E-state index is 11.8. The third-order valence-electron chi connectivity index (χ3n) is 2.48. The minimum absolute atomic E-state index is 0.0628. The van der Waals surface area contributed by atoms with E-state index in [-0.39, 0.29) is 11.8 Å². The molecule has 0 aromatic heterocycles. The van der Waals surface area contributed by atoms with Crippen LogP contribution in [-0.4, -0.2) is 38.1 Å². The van der Waals surface area contributed by atoms with Crippen LogP contribution in [0.4, 0.5) is 0 Å². The predicted octanol–water partition coefficient (Wildman–Crippen LogP) is 1.03. The highest BCUT2D eigenvalue weighted by atomic mass is 32.2. The number of hydrogen-bond donors (Lipinski definition) is 1. The third-order valence-corrected chi connectivity index (χ3v) is 4.52. The van der Waals surface area contributed by atoms with Crippen molar-refractivity contribution in [1.29, 1.82) is 0 Å². The van der Waals surface area contributed by atoms with Crippen molar-refractivity contribution in [3.63, 3.8) is 0 Å². The van der Waals surface area contributed by atoms with Crippen molar-refractivity contribution in [3.8, 4) is 0 Å². The van der Waals surface area contributed by atoms with E-state index in [4.69, 9.17) is 5.73 Å². The molecule has 5 heteroatoms. The van der Waals surface area contributed by atoms with E-state index in [0.717, 1.165) is 6.42 Å². The van der Waals surface area contributed by atoms with Gasteiger partial charge in [0.2, 0.25) is 10.0 Å². The summed E-state index contributed by atoms with van der Waals surface area (Å²) in [6, 6.07) is 0.0628. The quantitative estimate of drug-likeness (QED) is 0.718. The van der Waals surface area contributed by atoms with Gasteiger partial charge in [-0.1, -0.05) is 13.8 Å². The van der Waals surface area contributed by atoms with E-state index in [1.165, 1.54) is 4.31 Å². The van der Waals surface area contributed by atoms with Gasteiger partial charge in [0.25, 0.3) is 0 Å². The standard InChI is InChI=1S/C10H24N2O2S/c1-9(2)8-10(3)12(4)15(13,14)7-5-6-11/h9-10H,5-8,11H2,1-4H3. The van der Waals surface area contributed by atoms with E-state index in [2.05, 4.69) is 13.8 Å². The summed E-state index contributed by atoms with van der Waals surface area (Å²) in [5, 5.41) is 0. The monoisotopic (exact) mass is 236 g/mol. The topological polar surface area (TPSA) is 63.4 Å². The Morgan fingerprint density at radius 3 is 2.20 bits per heavy atom. The van der Waals surface area contributed by atoms with Crippen LogP contribution in [0.5, 0.6) is 0 Å². The lowest BCUT2D eigenvalue weighted by Crippen LogP contribution is -2.37. The largest absolute Gasteiger partial charge is 0.330 e. The molecule has 0 fully saturated rings. The van der Waals surface area contributed by atoms with Crippen LogP contribution < -0.4 is 5.73 Å². The first-order chi connectivity index (χ1) is 6.81. The fourth-order valence-corrected chi connectivity index (χ4v) is 2.97. The molecule has 0 saturated carbocycles. The van der Waals surface area contributed by atoms with Crippen LogP contribution in [0.1, 0.15) is 33.6 Å². The van der Waals surface area contributed by atoms with Crippen molar-refractivity contribution in [3.05, 3.63) is 0 Å². The second kappa shape index (κ2) is 6.45. The molecule has 92 valence electrons. The molecule has 0 aromatic carbocycles. The molecule has 2 N–H and O–H groups in total. The van der Waals surface area contributed by atoms with Gasteiger partial charge in [0.1, 0.15) is 0 Å². The molecule has 4 nitrogen and oxygen atoms in total. The number of sulfonamides is 1. The zero-order chi connectivity index (χ0) is 12.1. The molecular formula is C10H24N2O2S. The molecule has 0 aliphatic rings. The van der Waals surface area contributed by atoms with Crippen molar-refractivity contribution >= 4 is 10.0 Å². The Morgan fingerprint density at radius 2 is 1.80 bits per heavy atom. The summed E-state index contributed by atoms with van der Waals surface area (Å²) in [5.41, 5.74) is 5.31. The Labute approximate surface area is 93.9 Å². The van der Waals surface area contributed by atoms with E-state index in [9.17, 15) is 8.42 Å². The van der Waals surface area contributed by atoms with E-state index in [1.54, 1.807) is 7.05 Å². The average molecular weight is 236 g/mol. The summed E-state index contributed by atoms with van der Waals surface area (Å²) in [4.78, 5) is 0. The Morgan fingerprint density at radius 1 is 1.27 bits per heavy atom. The molecule has 0 aromatic rings. The van der Waals surface area contributed by atoms with E-state index < -0.39 is 10.0 Å². The summed E-state index contributed by atoms with van der Waals surface area (Å²) in [7, 11) is -1.46. The molecule has 15 heavy (non-hydrogen) atoms. The van der Waals surface area contributed by atoms with Gasteiger partial charge in [0, 0.05) is 13.1 Å². The molecular weight excluding hydrogens is 212 g/mol. The molecule has 0 bridgehead atoms. The minimum Gasteiger partial charge on any atom is -0.330 e. The Balaban J connectivity index is 4.34. The van der Waals surface area contributed by atoms with Crippen LogP contribution >= 0.6 is 0 Å². The number of nitrogens with zero attached hydrogens (tertiary/aromatic N) is 1. The SMILES string of the molecule is CC(C)CC(C)N(C)S(=O)(=O)CCCN. The summed E-state index contributed by atoms with van der Waals surface area (Å²) >= 11 is 0. The van der Waals surface area contributed by atoms with Crippen LogP contribution in [0.3, 0.4) is 0 Å². The lowest BCUT2D eigenvalue weighted by molar-refractivity contribution is 0.337. The molecule has 0 amide bonds. The fourth-order valence-electron chi connectivity index (χ4n) is 1.51. The van der Waals surface area contributed by atoms with Gasteiger partial charge in [-0.05, 0) is 32.2 Å². The van der Waals surface area contributed by atoms with Crippen molar-refractivity contribution in [2.75, 3.05) is 19.3 Å². The van der Waals surface area contributed by atoms with Gasteiger partial charge in [-0.25, -0.2) is 12.7 Å². The molecule has 0 radical (unpaired) electrons. The van der Waals surface area contributed by atoms with Crippen LogP contribution in [-0.2, 0) is 10.0 Å². The zero-order valence-electron chi connectivity index (χ0n) is 10.2. The maximum Gasteiger partial charge on any atom is 0.214 e. The van der Waals surface area contributed by atoms with Crippen LogP contribution in [0.2, 0.25) is 0 Å². The normalized spacial score (nSPS) is 14.9. The highest BCUT2D eigenvalue weighted by molar-refractivity contribution is 7.89. The summed E-state index contributed by atoms with van der Waals surface area (Å²) in [6.45, 7) is 6.55. The molecule has 0 saturated heterocycles. The van der Waals surface area contributed by atoms with Gasteiger partial charge in [-0.2, -0.15) is 0 Å². The summed E-state index contributed by atoms with van der Waals surface area (Å²) in [6.07, 6.45) is 1.42. The minimum atomic E-state index is -3.11. The van der Waals surface area contributed by atoms with Crippen molar-refractivity contribution < 1.29 is 8.42 Å².